The minimum Gasteiger partial charge on any atom is -0.479 e. The molecular weight excluding hydrogens is 166 g/mol. The number of rotatable bonds is 4. The Morgan fingerprint density at radius 2 is 1.58 bits per heavy atom. The Bertz CT molecular complexity index is 186. The van der Waals surface area contributed by atoms with Crippen LogP contribution in [0.1, 0.15) is 0 Å². The zero-order valence-electron chi connectivity index (χ0n) is 6.81. The largest absolute Gasteiger partial charge is 0.479 e. The fraction of sp³-hybridized carbons (Fsp3) is 0.667. The molecular formula is C6H11NO5. The van der Waals surface area contributed by atoms with Gasteiger partial charge in [-0.3, -0.25) is 0 Å². The Morgan fingerprint density at radius 3 is 1.67 bits per heavy atom. The number of carbonyl (C=O) groups is 2. The van der Waals surface area contributed by atoms with Gasteiger partial charge in [-0.1, -0.05) is 0 Å². The third-order valence-electron chi connectivity index (χ3n) is 1.25. The number of hydrogen-bond donors (Lipinski definition) is 3. The van der Waals surface area contributed by atoms with E-state index in [2.05, 4.69) is 0 Å². The number of carboxylic acids is 2. The van der Waals surface area contributed by atoms with Gasteiger partial charge in [-0.2, -0.15) is 0 Å². The number of carboxylic acid groups (broad SMARTS) is 2. The highest BCUT2D eigenvalue weighted by Gasteiger charge is 2.45. The van der Waals surface area contributed by atoms with Gasteiger partial charge in [-0.25, -0.2) is 9.59 Å². The van der Waals surface area contributed by atoms with Gasteiger partial charge in [0, 0.05) is 6.54 Å². The van der Waals surface area contributed by atoms with Crippen LogP contribution in [0.3, 0.4) is 0 Å². The molecule has 0 saturated heterocycles. The zero-order valence-corrected chi connectivity index (χ0v) is 6.81. The third-order valence-corrected chi connectivity index (χ3v) is 1.25. The van der Waals surface area contributed by atoms with E-state index in [9.17, 15) is 9.59 Å². The van der Waals surface area contributed by atoms with Crippen molar-refractivity contribution in [3.8, 4) is 0 Å². The molecule has 0 spiro atoms. The standard InChI is InChI=1S/C6H11NO5/c1-7(2)3-6(12,4(8)9)5(10)11/h12H,3H2,1-2H3,(H,8,9)(H,10,11). The van der Waals surface area contributed by atoms with E-state index >= 15 is 0 Å². The normalized spacial score (nSPS) is 11.7. The van der Waals surface area contributed by atoms with E-state index in [-0.39, 0.29) is 0 Å². The van der Waals surface area contributed by atoms with Crippen molar-refractivity contribution in [2.24, 2.45) is 0 Å². The van der Waals surface area contributed by atoms with Crippen LogP contribution < -0.4 is 0 Å². The summed E-state index contributed by atoms with van der Waals surface area (Å²) in [4.78, 5) is 22.0. The molecule has 0 unspecified atom stereocenters. The number of aliphatic carboxylic acids is 2. The summed E-state index contributed by atoms with van der Waals surface area (Å²) in [7, 11) is 2.94. The highest BCUT2D eigenvalue weighted by molar-refractivity contribution is 6.01. The fourth-order valence-corrected chi connectivity index (χ4v) is 0.684. The smallest absolute Gasteiger partial charge is 0.349 e. The van der Waals surface area contributed by atoms with Crippen molar-refractivity contribution in [3.05, 3.63) is 0 Å². The zero-order chi connectivity index (χ0) is 9.94. The van der Waals surface area contributed by atoms with Crippen LogP contribution in [0, 0.1) is 0 Å². The summed E-state index contributed by atoms with van der Waals surface area (Å²) in [6, 6.07) is 0. The molecule has 0 saturated carbocycles. The van der Waals surface area contributed by atoms with E-state index in [0.29, 0.717) is 0 Å². The number of likely N-dealkylation sites (N-methyl/N-ethyl adjacent to an activating group) is 1. The van der Waals surface area contributed by atoms with Gasteiger partial charge in [0.05, 0.1) is 0 Å². The van der Waals surface area contributed by atoms with Crippen LogP contribution in [0.4, 0.5) is 0 Å². The van der Waals surface area contributed by atoms with Gasteiger partial charge in [-0.05, 0) is 14.1 Å². The molecule has 70 valence electrons. The Labute approximate surface area is 69.0 Å². The van der Waals surface area contributed by atoms with Crippen molar-refractivity contribution in [1.29, 1.82) is 0 Å². The van der Waals surface area contributed by atoms with Gasteiger partial charge in [-0.15, -0.1) is 0 Å². The molecule has 0 amide bonds. The van der Waals surface area contributed by atoms with E-state index in [0.717, 1.165) is 0 Å². The lowest BCUT2D eigenvalue weighted by Gasteiger charge is -2.21. The molecule has 0 aromatic heterocycles. The van der Waals surface area contributed by atoms with Gasteiger partial charge in [0.25, 0.3) is 5.60 Å². The van der Waals surface area contributed by atoms with Crippen LogP contribution >= 0.6 is 0 Å². The van der Waals surface area contributed by atoms with Crippen molar-refractivity contribution in [2.75, 3.05) is 20.6 Å². The third kappa shape index (κ3) is 2.18. The van der Waals surface area contributed by atoms with Crippen LogP contribution in [0.15, 0.2) is 0 Å². The Morgan fingerprint density at radius 1 is 1.25 bits per heavy atom. The van der Waals surface area contributed by atoms with Crippen molar-refractivity contribution < 1.29 is 24.9 Å². The maximum atomic E-state index is 10.3. The number of aliphatic hydroxyl groups is 1. The average molecular weight is 177 g/mol. The molecule has 0 aliphatic rings. The van der Waals surface area contributed by atoms with Gasteiger partial charge in [0.1, 0.15) is 0 Å². The second-order valence-corrected chi connectivity index (χ2v) is 2.71. The lowest BCUT2D eigenvalue weighted by molar-refractivity contribution is -0.177. The summed E-state index contributed by atoms with van der Waals surface area (Å²) in [6.45, 7) is -0.461. The van der Waals surface area contributed by atoms with Gasteiger partial charge in [0.2, 0.25) is 0 Å². The molecule has 0 atom stereocenters. The molecule has 3 N–H and O–H groups in total. The van der Waals surface area contributed by atoms with Crippen LogP contribution in [-0.2, 0) is 9.59 Å². The first kappa shape index (κ1) is 10.9. The molecule has 0 aliphatic carbocycles. The first-order chi connectivity index (χ1) is 5.30. The minimum absolute atomic E-state index is 0.461. The van der Waals surface area contributed by atoms with Crippen molar-refractivity contribution in [2.45, 2.75) is 5.60 Å². The molecule has 6 nitrogen and oxygen atoms in total. The molecule has 0 aromatic carbocycles. The van der Waals surface area contributed by atoms with Gasteiger partial charge < -0.3 is 20.2 Å². The summed E-state index contributed by atoms with van der Waals surface area (Å²) in [6.07, 6.45) is 0. The van der Waals surface area contributed by atoms with E-state index in [1.54, 1.807) is 0 Å². The van der Waals surface area contributed by atoms with E-state index in [1.165, 1.54) is 19.0 Å². The van der Waals surface area contributed by atoms with Gasteiger partial charge in [0.15, 0.2) is 0 Å². The van der Waals surface area contributed by atoms with Crippen molar-refractivity contribution >= 4 is 11.9 Å². The van der Waals surface area contributed by atoms with E-state index in [4.69, 9.17) is 15.3 Å². The van der Waals surface area contributed by atoms with Crippen LogP contribution in [0.5, 0.6) is 0 Å². The summed E-state index contributed by atoms with van der Waals surface area (Å²) < 4.78 is 0. The molecule has 0 bridgehead atoms. The molecule has 0 aliphatic heterocycles. The SMILES string of the molecule is CN(C)CC(O)(C(=O)O)C(=O)O. The first-order valence-electron chi connectivity index (χ1n) is 3.14. The first-order valence-corrected chi connectivity index (χ1v) is 3.14. The Hall–Kier alpha value is -1.14. The molecule has 0 aromatic rings. The van der Waals surface area contributed by atoms with Crippen LogP contribution in [0.25, 0.3) is 0 Å². The maximum absolute atomic E-state index is 10.3. The highest BCUT2D eigenvalue weighted by Crippen LogP contribution is 2.06. The molecule has 6 heteroatoms. The lowest BCUT2D eigenvalue weighted by atomic mass is 10.1. The van der Waals surface area contributed by atoms with Crippen LogP contribution in [-0.4, -0.2) is 58.4 Å². The van der Waals surface area contributed by atoms with Crippen LogP contribution in [0.2, 0.25) is 0 Å². The topological polar surface area (TPSA) is 98.1 Å². The molecule has 0 rings (SSSR count). The average Bonchev–Trinajstić information content (AvgIpc) is 1.84. The van der Waals surface area contributed by atoms with Crippen molar-refractivity contribution in [3.63, 3.8) is 0 Å². The molecule has 0 radical (unpaired) electrons. The van der Waals surface area contributed by atoms with Gasteiger partial charge >= 0.3 is 11.9 Å². The summed E-state index contributed by atoms with van der Waals surface area (Å²) in [5.41, 5.74) is -2.72. The van der Waals surface area contributed by atoms with Crippen molar-refractivity contribution in [1.82, 2.24) is 4.90 Å². The number of nitrogens with zero attached hydrogens (tertiary/aromatic N) is 1. The minimum atomic E-state index is -2.72. The number of hydrogen-bond acceptors (Lipinski definition) is 4. The lowest BCUT2D eigenvalue weighted by Crippen LogP contribution is -2.53. The predicted octanol–water partition coefficient (Wildman–Crippen LogP) is -1.55. The molecule has 0 heterocycles. The second kappa shape index (κ2) is 3.51. The predicted molar refractivity (Wildman–Crippen MR) is 38.8 cm³/mol. The second-order valence-electron chi connectivity index (χ2n) is 2.71. The fourth-order valence-electron chi connectivity index (χ4n) is 0.684. The summed E-state index contributed by atoms with van der Waals surface area (Å²) in [5.74, 6) is -3.52. The summed E-state index contributed by atoms with van der Waals surface area (Å²) in [5, 5.41) is 25.9. The monoisotopic (exact) mass is 177 g/mol. The maximum Gasteiger partial charge on any atom is 0.349 e. The Balaban J connectivity index is 4.63. The molecule has 0 fully saturated rings. The van der Waals surface area contributed by atoms with E-state index < -0.39 is 24.1 Å². The quantitative estimate of drug-likeness (QED) is 0.449. The molecule has 12 heavy (non-hydrogen) atoms. The summed E-state index contributed by atoms with van der Waals surface area (Å²) >= 11 is 0. The van der Waals surface area contributed by atoms with E-state index in [1.807, 2.05) is 0 Å². The highest BCUT2D eigenvalue weighted by atomic mass is 16.4. The Kier molecular flexibility index (Phi) is 3.17.